The summed E-state index contributed by atoms with van der Waals surface area (Å²) in [4.78, 5) is 12.2. The predicted octanol–water partition coefficient (Wildman–Crippen LogP) is 5.14. The quantitative estimate of drug-likeness (QED) is 0.295. The molecule has 0 radical (unpaired) electrons. The lowest BCUT2D eigenvalue weighted by atomic mass is 9.97. The Bertz CT molecular complexity index is 1170. The topological polar surface area (TPSA) is 50.7 Å². The molecule has 1 amide bonds. The first-order valence-electron chi connectivity index (χ1n) is 9.55. The molecule has 0 spiro atoms. The van der Waals surface area contributed by atoms with Gasteiger partial charge in [0.25, 0.3) is 5.91 Å². The maximum atomic E-state index is 12.2. The van der Waals surface area contributed by atoms with E-state index in [1.807, 2.05) is 56.3 Å². The van der Waals surface area contributed by atoms with Crippen LogP contribution in [0.15, 0.2) is 77.9 Å². The van der Waals surface area contributed by atoms with Crippen LogP contribution in [0.5, 0.6) is 5.75 Å². The zero-order valence-corrected chi connectivity index (χ0v) is 16.5. The second-order valence-corrected chi connectivity index (χ2v) is 7.01. The Hall–Kier alpha value is -3.66. The summed E-state index contributed by atoms with van der Waals surface area (Å²) in [6, 6.07) is 24.3. The first-order chi connectivity index (χ1) is 14.1. The minimum Gasteiger partial charge on any atom is -0.483 e. The van der Waals surface area contributed by atoms with E-state index in [1.54, 1.807) is 6.21 Å². The maximum Gasteiger partial charge on any atom is 0.277 e. The highest BCUT2D eigenvalue weighted by molar-refractivity contribution is 6.13. The number of hydrazone groups is 1. The third-order valence-corrected chi connectivity index (χ3v) is 5.11. The highest BCUT2D eigenvalue weighted by atomic mass is 16.5. The number of nitrogens with zero attached hydrogens (tertiary/aromatic N) is 1. The predicted molar refractivity (Wildman–Crippen MR) is 119 cm³/mol. The SMILES string of the molecule is Cc1cccc(OCC(=O)NN=Cc2c3ccccc3cc3ccccc23)c1C. The molecule has 4 rings (SSSR count). The Morgan fingerprint density at radius 2 is 1.59 bits per heavy atom. The van der Waals surface area contributed by atoms with Gasteiger partial charge in [-0.1, -0.05) is 60.7 Å². The molecular weight excluding hydrogens is 360 g/mol. The lowest BCUT2D eigenvalue weighted by Crippen LogP contribution is -2.24. The van der Waals surface area contributed by atoms with Gasteiger partial charge in [-0.3, -0.25) is 4.79 Å². The molecule has 0 heterocycles. The number of rotatable bonds is 5. The monoisotopic (exact) mass is 382 g/mol. The van der Waals surface area contributed by atoms with E-state index in [9.17, 15) is 4.79 Å². The Morgan fingerprint density at radius 3 is 2.28 bits per heavy atom. The minimum atomic E-state index is -0.299. The summed E-state index contributed by atoms with van der Waals surface area (Å²) in [7, 11) is 0. The average molecular weight is 382 g/mol. The normalized spacial score (nSPS) is 11.2. The van der Waals surface area contributed by atoms with E-state index < -0.39 is 0 Å². The van der Waals surface area contributed by atoms with Gasteiger partial charge in [0.15, 0.2) is 6.61 Å². The van der Waals surface area contributed by atoms with Crippen LogP contribution in [0.25, 0.3) is 21.5 Å². The number of carbonyl (C=O) groups is 1. The van der Waals surface area contributed by atoms with Gasteiger partial charge in [0.05, 0.1) is 6.21 Å². The van der Waals surface area contributed by atoms with Crippen molar-refractivity contribution in [3.63, 3.8) is 0 Å². The smallest absolute Gasteiger partial charge is 0.277 e. The molecule has 0 fully saturated rings. The Morgan fingerprint density at radius 1 is 0.931 bits per heavy atom. The van der Waals surface area contributed by atoms with Crippen LogP contribution in [0.2, 0.25) is 0 Å². The van der Waals surface area contributed by atoms with Gasteiger partial charge < -0.3 is 4.74 Å². The van der Waals surface area contributed by atoms with Gasteiger partial charge in [0.1, 0.15) is 5.75 Å². The van der Waals surface area contributed by atoms with Crippen LogP contribution in [-0.2, 0) is 4.79 Å². The second kappa shape index (κ2) is 8.15. The Labute approximate surface area is 169 Å². The fraction of sp³-hybridized carbons (Fsp3) is 0.120. The van der Waals surface area contributed by atoms with Gasteiger partial charge in [-0.05, 0) is 58.7 Å². The van der Waals surface area contributed by atoms with Crippen LogP contribution in [0.4, 0.5) is 0 Å². The van der Waals surface area contributed by atoms with Gasteiger partial charge in [-0.15, -0.1) is 0 Å². The van der Waals surface area contributed by atoms with Crippen molar-refractivity contribution in [2.75, 3.05) is 6.61 Å². The van der Waals surface area contributed by atoms with Crippen molar-refractivity contribution < 1.29 is 9.53 Å². The molecule has 0 atom stereocenters. The van der Waals surface area contributed by atoms with Crippen molar-refractivity contribution in [3.05, 3.63) is 89.5 Å². The number of carbonyl (C=O) groups excluding carboxylic acids is 1. The van der Waals surface area contributed by atoms with Crippen LogP contribution >= 0.6 is 0 Å². The first-order valence-corrected chi connectivity index (χ1v) is 9.55. The van der Waals surface area contributed by atoms with Crippen molar-refractivity contribution in [1.82, 2.24) is 5.43 Å². The van der Waals surface area contributed by atoms with Crippen molar-refractivity contribution in [1.29, 1.82) is 0 Å². The summed E-state index contributed by atoms with van der Waals surface area (Å²) >= 11 is 0. The highest BCUT2D eigenvalue weighted by Crippen LogP contribution is 2.27. The number of fused-ring (bicyclic) bond motifs is 2. The molecule has 0 aromatic heterocycles. The summed E-state index contributed by atoms with van der Waals surface area (Å²) in [5.41, 5.74) is 5.71. The van der Waals surface area contributed by atoms with Crippen molar-refractivity contribution in [2.24, 2.45) is 5.10 Å². The molecule has 0 aliphatic carbocycles. The lowest BCUT2D eigenvalue weighted by Gasteiger charge is -2.10. The molecule has 1 N–H and O–H groups in total. The zero-order chi connectivity index (χ0) is 20.2. The van der Waals surface area contributed by atoms with Gasteiger partial charge in [0, 0.05) is 5.56 Å². The molecule has 0 saturated heterocycles. The number of nitrogens with one attached hydrogen (secondary N) is 1. The number of aryl methyl sites for hydroxylation is 1. The second-order valence-electron chi connectivity index (χ2n) is 7.01. The van der Waals surface area contributed by atoms with Gasteiger partial charge in [-0.2, -0.15) is 5.10 Å². The summed E-state index contributed by atoms with van der Waals surface area (Å²) in [6.07, 6.45) is 1.71. The fourth-order valence-corrected chi connectivity index (χ4v) is 3.41. The summed E-state index contributed by atoms with van der Waals surface area (Å²) < 4.78 is 5.64. The third-order valence-electron chi connectivity index (χ3n) is 5.11. The van der Waals surface area contributed by atoms with Crippen LogP contribution in [0.1, 0.15) is 16.7 Å². The summed E-state index contributed by atoms with van der Waals surface area (Å²) in [5, 5.41) is 8.65. The molecule has 0 aliphatic rings. The molecule has 4 aromatic carbocycles. The number of benzene rings is 4. The summed E-state index contributed by atoms with van der Waals surface area (Å²) in [6.45, 7) is 3.91. The van der Waals surface area contributed by atoms with Gasteiger partial charge in [-0.25, -0.2) is 5.43 Å². The average Bonchev–Trinajstić information content (AvgIpc) is 2.74. The van der Waals surface area contributed by atoms with Gasteiger partial charge in [0.2, 0.25) is 0 Å². The van der Waals surface area contributed by atoms with E-state index in [0.717, 1.165) is 38.2 Å². The molecule has 4 heteroatoms. The van der Waals surface area contributed by atoms with E-state index in [1.165, 1.54) is 0 Å². The summed E-state index contributed by atoms with van der Waals surface area (Å²) in [5.74, 6) is 0.413. The highest BCUT2D eigenvalue weighted by Gasteiger charge is 2.07. The lowest BCUT2D eigenvalue weighted by molar-refractivity contribution is -0.123. The minimum absolute atomic E-state index is 0.0854. The van der Waals surface area contributed by atoms with Crippen LogP contribution in [0.3, 0.4) is 0 Å². The Kier molecular flexibility index (Phi) is 5.25. The third kappa shape index (κ3) is 3.97. The molecule has 0 aliphatic heterocycles. The number of hydrogen-bond donors (Lipinski definition) is 1. The molecule has 0 bridgehead atoms. The standard InChI is InChI=1S/C25H22N2O2/c1-17-8-7-13-24(18(17)2)29-16-25(28)27-26-15-23-21-11-5-3-9-19(21)14-20-10-4-6-12-22(20)23/h3-15H,16H2,1-2H3,(H,27,28). The fourth-order valence-electron chi connectivity index (χ4n) is 3.41. The molecule has 0 unspecified atom stereocenters. The number of hydrogen-bond acceptors (Lipinski definition) is 3. The van der Waals surface area contributed by atoms with Crippen LogP contribution in [0, 0.1) is 13.8 Å². The van der Waals surface area contributed by atoms with Gasteiger partial charge >= 0.3 is 0 Å². The van der Waals surface area contributed by atoms with Crippen LogP contribution < -0.4 is 10.2 Å². The van der Waals surface area contributed by atoms with E-state index >= 15 is 0 Å². The molecule has 4 aromatic rings. The van der Waals surface area contributed by atoms with Crippen LogP contribution in [-0.4, -0.2) is 18.7 Å². The van der Waals surface area contributed by atoms with E-state index in [0.29, 0.717) is 5.75 Å². The first kappa shape index (κ1) is 18.7. The van der Waals surface area contributed by atoms with E-state index in [4.69, 9.17) is 4.74 Å². The molecule has 0 saturated carbocycles. The maximum absolute atomic E-state index is 12.2. The van der Waals surface area contributed by atoms with E-state index in [2.05, 4.69) is 40.9 Å². The van der Waals surface area contributed by atoms with Crippen molar-refractivity contribution in [3.8, 4) is 5.75 Å². The molecule has 4 nitrogen and oxygen atoms in total. The number of ether oxygens (including phenoxy) is 1. The van der Waals surface area contributed by atoms with E-state index in [-0.39, 0.29) is 12.5 Å². The molecular formula is C25H22N2O2. The number of amides is 1. The van der Waals surface area contributed by atoms with Crippen molar-refractivity contribution >= 4 is 33.7 Å². The molecule has 29 heavy (non-hydrogen) atoms. The van der Waals surface area contributed by atoms with Crippen molar-refractivity contribution in [2.45, 2.75) is 13.8 Å². The largest absolute Gasteiger partial charge is 0.483 e. The Balaban J connectivity index is 1.52. The molecule has 144 valence electrons. The zero-order valence-electron chi connectivity index (χ0n) is 16.5.